The number of rotatable bonds is 1. The number of thiazole rings is 1. The van der Waals surface area contributed by atoms with Gasteiger partial charge in [-0.1, -0.05) is 0 Å². The lowest BCUT2D eigenvalue weighted by Crippen LogP contribution is -2.37. The summed E-state index contributed by atoms with van der Waals surface area (Å²) in [6.07, 6.45) is 4.02. The van der Waals surface area contributed by atoms with Crippen molar-refractivity contribution in [2.45, 2.75) is 52.1 Å². The summed E-state index contributed by atoms with van der Waals surface area (Å²) >= 11 is 7.14. The molecule has 0 saturated carbocycles. The molecule has 1 aliphatic rings. The average Bonchev–Trinajstić information content (AvgIpc) is 2.65. The van der Waals surface area contributed by atoms with Crippen LogP contribution >= 0.6 is 23.6 Å². The lowest BCUT2D eigenvalue weighted by molar-refractivity contribution is -0.120. The molecule has 6 heteroatoms. The highest BCUT2D eigenvalue weighted by molar-refractivity contribution is 7.73. The largest absolute Gasteiger partial charge is 0.379 e. The van der Waals surface area contributed by atoms with E-state index in [1.165, 1.54) is 10.6 Å². The Hall–Kier alpha value is -0.720. The summed E-state index contributed by atoms with van der Waals surface area (Å²) in [6, 6.07) is 0.134. The van der Waals surface area contributed by atoms with Crippen LogP contribution < -0.4 is 5.32 Å². The van der Waals surface area contributed by atoms with Crippen LogP contribution in [0.5, 0.6) is 0 Å². The molecule has 0 radical (unpaired) electrons. The number of hydrogen-bond acceptors (Lipinski definition) is 4. The molecule has 1 aliphatic heterocycles. The molecule has 1 N–H and O–H groups in total. The third kappa shape index (κ3) is 4.14. The van der Waals surface area contributed by atoms with Gasteiger partial charge < -0.3 is 14.6 Å². The Kier molecular flexibility index (Phi) is 5.74. The Bertz CT molecular complexity index is 522. The van der Waals surface area contributed by atoms with Crippen molar-refractivity contribution < 1.29 is 9.53 Å². The summed E-state index contributed by atoms with van der Waals surface area (Å²) in [5.41, 5.74) is 1.29. The van der Waals surface area contributed by atoms with Gasteiger partial charge in [-0.05, 0) is 38.4 Å². The summed E-state index contributed by atoms with van der Waals surface area (Å²) in [5, 5.41) is 2.97. The van der Waals surface area contributed by atoms with E-state index in [1.807, 2.05) is 0 Å². The highest BCUT2D eigenvalue weighted by atomic mass is 32.1. The fraction of sp³-hybridized carbons (Fsp3) is 0.714. The highest BCUT2D eigenvalue weighted by Crippen LogP contribution is 2.21. The van der Waals surface area contributed by atoms with E-state index >= 15 is 0 Å². The molecule has 0 aliphatic carbocycles. The van der Waals surface area contributed by atoms with E-state index in [-0.39, 0.29) is 11.9 Å². The van der Waals surface area contributed by atoms with Gasteiger partial charge in [0.1, 0.15) is 0 Å². The zero-order chi connectivity index (χ0) is 14.5. The molecule has 1 aromatic rings. The third-order valence-corrected chi connectivity index (χ3v) is 5.23. The molecule has 2 rings (SSSR count). The molecule has 1 atom stereocenters. The number of amides is 1. The second kappa shape index (κ2) is 7.33. The van der Waals surface area contributed by atoms with Crippen molar-refractivity contribution in [2.24, 2.45) is 0 Å². The Labute approximate surface area is 129 Å². The van der Waals surface area contributed by atoms with Crippen LogP contribution in [0.2, 0.25) is 0 Å². The Morgan fingerprint density at radius 1 is 1.50 bits per heavy atom. The molecule has 112 valence electrons. The van der Waals surface area contributed by atoms with Gasteiger partial charge in [0.2, 0.25) is 5.91 Å². The summed E-state index contributed by atoms with van der Waals surface area (Å²) in [4.78, 5) is 12.5. The first kappa shape index (κ1) is 15.7. The van der Waals surface area contributed by atoms with E-state index in [4.69, 9.17) is 17.0 Å². The third-order valence-electron chi connectivity index (χ3n) is 3.62. The molecule has 2 heterocycles. The lowest BCUT2D eigenvalue weighted by Gasteiger charge is -2.19. The maximum Gasteiger partial charge on any atom is 0.217 e. The first-order valence-corrected chi connectivity index (χ1v) is 8.34. The fourth-order valence-electron chi connectivity index (χ4n) is 2.55. The maximum absolute atomic E-state index is 11.2. The predicted octanol–water partition coefficient (Wildman–Crippen LogP) is 2.84. The van der Waals surface area contributed by atoms with Gasteiger partial charge in [-0.15, -0.1) is 11.3 Å². The van der Waals surface area contributed by atoms with E-state index in [0.717, 1.165) is 36.2 Å². The van der Waals surface area contributed by atoms with Crippen molar-refractivity contribution in [3.05, 3.63) is 14.5 Å². The Morgan fingerprint density at radius 3 is 3.05 bits per heavy atom. The summed E-state index contributed by atoms with van der Waals surface area (Å²) in [5.74, 6) is 0.0183. The number of hydrogen-bond donors (Lipinski definition) is 1. The average molecular weight is 314 g/mol. The monoisotopic (exact) mass is 314 g/mol. The minimum Gasteiger partial charge on any atom is -0.379 e. The quantitative estimate of drug-likeness (QED) is 0.811. The summed E-state index contributed by atoms with van der Waals surface area (Å²) < 4.78 is 8.94. The molecule has 20 heavy (non-hydrogen) atoms. The molecule has 0 spiro atoms. The maximum atomic E-state index is 11.2. The molecule has 1 unspecified atom stereocenters. The van der Waals surface area contributed by atoms with Gasteiger partial charge in [0.25, 0.3) is 0 Å². The van der Waals surface area contributed by atoms with Crippen LogP contribution in [0.25, 0.3) is 0 Å². The van der Waals surface area contributed by atoms with E-state index in [9.17, 15) is 4.79 Å². The van der Waals surface area contributed by atoms with Crippen molar-refractivity contribution in [2.75, 3.05) is 13.2 Å². The normalized spacial score (nSPS) is 20.8. The van der Waals surface area contributed by atoms with Gasteiger partial charge in [-0.2, -0.15) is 0 Å². The van der Waals surface area contributed by atoms with Crippen LogP contribution in [0.15, 0.2) is 0 Å². The minimum absolute atomic E-state index is 0.0183. The summed E-state index contributed by atoms with van der Waals surface area (Å²) in [6.45, 7) is 5.98. The first-order valence-electron chi connectivity index (χ1n) is 7.12. The number of carbonyl (C=O) groups is 1. The van der Waals surface area contributed by atoms with Gasteiger partial charge in [-0.25, -0.2) is 0 Å². The van der Waals surface area contributed by atoms with Gasteiger partial charge >= 0.3 is 0 Å². The molecule has 0 saturated heterocycles. The lowest BCUT2D eigenvalue weighted by atomic mass is 10.1. The standard InChI is InChI=1S/C14H22N2O2S2/c1-10-13-6-8-18-9-12(15-11(2)17)5-3-4-7-16(10)14(19)20-13/h12H,3-9H2,1-2H3,(H,15,17). The predicted molar refractivity (Wildman–Crippen MR) is 83.9 cm³/mol. The number of nitrogens with zero attached hydrogens (tertiary/aromatic N) is 1. The molecule has 1 amide bonds. The summed E-state index contributed by atoms with van der Waals surface area (Å²) in [7, 11) is 0. The second-order valence-electron chi connectivity index (χ2n) is 5.25. The highest BCUT2D eigenvalue weighted by Gasteiger charge is 2.13. The van der Waals surface area contributed by atoms with Crippen LogP contribution in [0, 0.1) is 10.9 Å². The molecular formula is C14H22N2O2S2. The van der Waals surface area contributed by atoms with Crippen molar-refractivity contribution in [1.82, 2.24) is 9.88 Å². The molecule has 0 aromatic carbocycles. The zero-order valence-electron chi connectivity index (χ0n) is 12.1. The van der Waals surface area contributed by atoms with Crippen LogP contribution in [0.4, 0.5) is 0 Å². The molecule has 4 nitrogen and oxygen atoms in total. The van der Waals surface area contributed by atoms with Crippen molar-refractivity contribution in [1.29, 1.82) is 0 Å². The van der Waals surface area contributed by atoms with Gasteiger partial charge in [-0.3, -0.25) is 4.79 Å². The van der Waals surface area contributed by atoms with Gasteiger partial charge in [0.15, 0.2) is 3.95 Å². The minimum atomic E-state index is 0.0183. The number of fused-ring (bicyclic) bond motifs is 2. The van der Waals surface area contributed by atoms with Gasteiger partial charge in [0, 0.05) is 30.5 Å². The Morgan fingerprint density at radius 2 is 2.30 bits per heavy atom. The molecule has 0 fully saturated rings. The van der Waals surface area contributed by atoms with Crippen LogP contribution in [0.1, 0.15) is 36.8 Å². The van der Waals surface area contributed by atoms with E-state index in [2.05, 4.69) is 16.8 Å². The van der Waals surface area contributed by atoms with Gasteiger partial charge in [0.05, 0.1) is 19.3 Å². The van der Waals surface area contributed by atoms with Crippen LogP contribution in [-0.2, 0) is 22.5 Å². The smallest absolute Gasteiger partial charge is 0.217 e. The number of ether oxygens (including phenoxy) is 1. The Balaban J connectivity index is 2.04. The molecular weight excluding hydrogens is 292 g/mol. The zero-order valence-corrected chi connectivity index (χ0v) is 13.7. The van der Waals surface area contributed by atoms with Crippen molar-refractivity contribution >= 4 is 29.5 Å². The molecule has 2 bridgehead atoms. The topological polar surface area (TPSA) is 43.3 Å². The van der Waals surface area contributed by atoms with E-state index in [1.54, 1.807) is 18.3 Å². The molecule has 1 aromatic heterocycles. The van der Waals surface area contributed by atoms with E-state index < -0.39 is 0 Å². The number of nitrogens with one attached hydrogen (secondary N) is 1. The van der Waals surface area contributed by atoms with E-state index in [0.29, 0.717) is 13.2 Å². The van der Waals surface area contributed by atoms with Crippen molar-refractivity contribution in [3.63, 3.8) is 0 Å². The van der Waals surface area contributed by atoms with Crippen molar-refractivity contribution in [3.8, 4) is 0 Å². The number of carbonyl (C=O) groups excluding carboxylic acids is 1. The fourth-order valence-corrected chi connectivity index (χ4v) is 4.07. The first-order chi connectivity index (χ1) is 9.58. The number of aromatic nitrogens is 1. The SMILES string of the molecule is CC(=O)NC1CCCCn2c(C)c(sc2=S)CCOC1. The van der Waals surface area contributed by atoms with Crippen LogP contribution in [-0.4, -0.2) is 29.7 Å². The van der Waals surface area contributed by atoms with Crippen LogP contribution in [0.3, 0.4) is 0 Å². The second-order valence-corrected chi connectivity index (χ2v) is 6.98.